The van der Waals surface area contributed by atoms with Crippen molar-refractivity contribution in [3.8, 4) is 5.75 Å². The number of hydrogen-bond donors (Lipinski definition) is 0. The van der Waals surface area contributed by atoms with Crippen LogP contribution in [0.2, 0.25) is 0 Å². The van der Waals surface area contributed by atoms with Crippen LogP contribution in [0.3, 0.4) is 0 Å². The molecule has 1 aromatic heterocycles. The Bertz CT molecular complexity index is 907. The van der Waals surface area contributed by atoms with E-state index in [1.54, 1.807) is 0 Å². The summed E-state index contributed by atoms with van der Waals surface area (Å²) < 4.78 is 11.9. The molecule has 0 saturated heterocycles. The maximum Gasteiger partial charge on any atom is 0.139 e. The van der Waals surface area contributed by atoms with Crippen LogP contribution in [0.15, 0.2) is 77.2 Å². The van der Waals surface area contributed by atoms with Gasteiger partial charge in [0.25, 0.3) is 0 Å². The first-order valence-corrected chi connectivity index (χ1v) is 7.49. The number of furan rings is 1. The molecule has 0 N–H and O–H groups in total. The molecule has 2 heteroatoms. The summed E-state index contributed by atoms with van der Waals surface area (Å²) in [6, 6.07) is 24.4. The van der Waals surface area contributed by atoms with Crippen molar-refractivity contribution in [1.82, 2.24) is 0 Å². The second kappa shape index (κ2) is 5.57. The molecule has 0 aliphatic heterocycles. The second-order valence-electron chi connectivity index (χ2n) is 5.31. The quantitative estimate of drug-likeness (QED) is 0.514. The van der Waals surface area contributed by atoms with Crippen LogP contribution in [0.25, 0.3) is 21.9 Å². The number of hydrogen-bond acceptors (Lipinski definition) is 2. The Morgan fingerprint density at radius 3 is 2.41 bits per heavy atom. The normalized spacial score (nSPS) is 11.1. The first-order valence-electron chi connectivity index (χ1n) is 7.49. The number of benzene rings is 3. The van der Waals surface area contributed by atoms with Crippen LogP contribution in [-0.4, -0.2) is 6.61 Å². The van der Waals surface area contributed by atoms with E-state index in [2.05, 4.69) is 30.3 Å². The van der Waals surface area contributed by atoms with Crippen LogP contribution in [0, 0.1) is 0 Å². The molecule has 0 spiro atoms. The van der Waals surface area contributed by atoms with Gasteiger partial charge in [0.1, 0.15) is 16.9 Å². The highest BCUT2D eigenvalue weighted by atomic mass is 16.5. The third-order valence-corrected chi connectivity index (χ3v) is 3.86. The van der Waals surface area contributed by atoms with Crippen molar-refractivity contribution >= 4 is 21.9 Å². The molecule has 0 amide bonds. The van der Waals surface area contributed by atoms with Crippen molar-refractivity contribution in [3.05, 3.63) is 78.4 Å². The highest BCUT2D eigenvalue weighted by Gasteiger charge is 2.11. The number of fused-ring (bicyclic) bond motifs is 3. The van der Waals surface area contributed by atoms with Crippen LogP contribution < -0.4 is 4.74 Å². The van der Waals surface area contributed by atoms with Crippen LogP contribution in [-0.2, 0) is 6.42 Å². The average molecular weight is 288 g/mol. The molecule has 2 nitrogen and oxygen atoms in total. The van der Waals surface area contributed by atoms with Crippen molar-refractivity contribution in [2.45, 2.75) is 6.42 Å². The molecule has 0 unspecified atom stereocenters. The van der Waals surface area contributed by atoms with E-state index in [1.807, 2.05) is 42.5 Å². The lowest BCUT2D eigenvalue weighted by Gasteiger charge is -2.07. The van der Waals surface area contributed by atoms with Crippen LogP contribution in [0.5, 0.6) is 5.75 Å². The van der Waals surface area contributed by atoms with E-state index in [-0.39, 0.29) is 0 Å². The van der Waals surface area contributed by atoms with Gasteiger partial charge in [-0.1, -0.05) is 54.6 Å². The lowest BCUT2D eigenvalue weighted by atomic mass is 10.1. The molecule has 22 heavy (non-hydrogen) atoms. The smallest absolute Gasteiger partial charge is 0.139 e. The van der Waals surface area contributed by atoms with Gasteiger partial charge in [0, 0.05) is 11.8 Å². The van der Waals surface area contributed by atoms with Gasteiger partial charge in [-0.3, -0.25) is 0 Å². The van der Waals surface area contributed by atoms with Gasteiger partial charge in [-0.25, -0.2) is 0 Å². The Hall–Kier alpha value is -2.74. The maximum absolute atomic E-state index is 6.03. The zero-order valence-electron chi connectivity index (χ0n) is 12.2. The Kier molecular flexibility index (Phi) is 3.28. The van der Waals surface area contributed by atoms with Crippen LogP contribution in [0.1, 0.15) is 5.56 Å². The van der Waals surface area contributed by atoms with Gasteiger partial charge in [0.05, 0.1) is 12.0 Å². The number of ether oxygens (including phenoxy) is 1. The molecule has 0 fully saturated rings. The molecule has 4 rings (SSSR count). The van der Waals surface area contributed by atoms with Crippen molar-refractivity contribution in [3.63, 3.8) is 0 Å². The first kappa shape index (κ1) is 13.0. The minimum absolute atomic E-state index is 0.655. The molecule has 0 aliphatic carbocycles. The van der Waals surface area contributed by atoms with Gasteiger partial charge in [-0.15, -0.1) is 0 Å². The average Bonchev–Trinajstić information content (AvgIpc) is 2.95. The number of rotatable bonds is 4. The molecule has 0 atom stereocenters. The topological polar surface area (TPSA) is 22.4 Å². The summed E-state index contributed by atoms with van der Waals surface area (Å²) in [5.41, 5.74) is 3.06. The summed E-state index contributed by atoms with van der Waals surface area (Å²) in [6.45, 7) is 0.655. The van der Waals surface area contributed by atoms with E-state index in [0.29, 0.717) is 6.61 Å². The summed E-state index contributed by atoms with van der Waals surface area (Å²) in [5.74, 6) is 0.887. The predicted octanol–water partition coefficient (Wildman–Crippen LogP) is 5.21. The van der Waals surface area contributed by atoms with Crippen molar-refractivity contribution in [1.29, 1.82) is 0 Å². The van der Waals surface area contributed by atoms with Gasteiger partial charge in [0.15, 0.2) is 0 Å². The summed E-state index contributed by atoms with van der Waals surface area (Å²) in [5, 5.41) is 2.17. The Morgan fingerprint density at radius 2 is 1.50 bits per heavy atom. The van der Waals surface area contributed by atoms with Gasteiger partial charge in [0.2, 0.25) is 0 Å². The molecule has 3 aromatic carbocycles. The van der Waals surface area contributed by atoms with E-state index in [4.69, 9.17) is 9.15 Å². The predicted molar refractivity (Wildman–Crippen MR) is 89.4 cm³/mol. The van der Waals surface area contributed by atoms with Crippen molar-refractivity contribution < 1.29 is 9.15 Å². The SMILES string of the molecule is c1ccc(CCOc2cccc3oc4ccccc4c23)cc1. The standard InChI is InChI=1S/C20H16O2/c1-2-7-15(8-3-1)13-14-21-18-11-6-12-19-20(18)16-9-4-5-10-17(16)22-19/h1-12H,13-14H2. The highest BCUT2D eigenvalue weighted by Crippen LogP contribution is 2.35. The van der Waals surface area contributed by atoms with Crippen LogP contribution in [0.4, 0.5) is 0 Å². The molecule has 4 aromatic rings. The summed E-state index contributed by atoms with van der Waals surface area (Å²) in [6.07, 6.45) is 0.896. The molecule has 0 radical (unpaired) electrons. The largest absolute Gasteiger partial charge is 0.492 e. The zero-order valence-corrected chi connectivity index (χ0v) is 12.2. The van der Waals surface area contributed by atoms with Gasteiger partial charge >= 0.3 is 0 Å². The lowest BCUT2D eigenvalue weighted by molar-refractivity contribution is 0.326. The molecular formula is C20H16O2. The Morgan fingerprint density at radius 1 is 0.727 bits per heavy atom. The first-order chi connectivity index (χ1) is 10.9. The van der Waals surface area contributed by atoms with Gasteiger partial charge in [-0.05, 0) is 23.8 Å². The Balaban J connectivity index is 1.64. The molecule has 108 valence electrons. The van der Waals surface area contributed by atoms with Gasteiger partial charge in [-0.2, -0.15) is 0 Å². The maximum atomic E-state index is 6.03. The second-order valence-corrected chi connectivity index (χ2v) is 5.31. The van der Waals surface area contributed by atoms with E-state index in [1.165, 1.54) is 5.56 Å². The third-order valence-electron chi connectivity index (χ3n) is 3.86. The fourth-order valence-corrected chi connectivity index (χ4v) is 2.79. The van der Waals surface area contributed by atoms with Crippen molar-refractivity contribution in [2.75, 3.05) is 6.61 Å². The van der Waals surface area contributed by atoms with E-state index < -0.39 is 0 Å². The summed E-state index contributed by atoms with van der Waals surface area (Å²) >= 11 is 0. The monoisotopic (exact) mass is 288 g/mol. The molecule has 0 bridgehead atoms. The fraction of sp³-hybridized carbons (Fsp3) is 0.100. The van der Waals surface area contributed by atoms with E-state index in [0.717, 1.165) is 34.1 Å². The third kappa shape index (κ3) is 2.33. The summed E-state index contributed by atoms with van der Waals surface area (Å²) in [4.78, 5) is 0. The minimum Gasteiger partial charge on any atom is -0.492 e. The highest BCUT2D eigenvalue weighted by molar-refractivity contribution is 6.08. The van der Waals surface area contributed by atoms with E-state index >= 15 is 0 Å². The van der Waals surface area contributed by atoms with Gasteiger partial charge < -0.3 is 9.15 Å². The molecular weight excluding hydrogens is 272 g/mol. The Labute approximate surface area is 128 Å². The molecule has 0 saturated carbocycles. The van der Waals surface area contributed by atoms with E-state index in [9.17, 15) is 0 Å². The molecule has 0 aliphatic rings. The minimum atomic E-state index is 0.655. The van der Waals surface area contributed by atoms with Crippen molar-refractivity contribution in [2.24, 2.45) is 0 Å². The number of para-hydroxylation sites is 1. The molecule has 1 heterocycles. The lowest BCUT2D eigenvalue weighted by Crippen LogP contribution is -2.01. The zero-order chi connectivity index (χ0) is 14.8. The summed E-state index contributed by atoms with van der Waals surface area (Å²) in [7, 11) is 0. The fourth-order valence-electron chi connectivity index (χ4n) is 2.79. The van der Waals surface area contributed by atoms with Crippen LogP contribution >= 0.6 is 0 Å².